The van der Waals surface area contributed by atoms with E-state index in [2.05, 4.69) is 15.4 Å². The number of sulfonamides is 1. The van der Waals surface area contributed by atoms with Crippen LogP contribution in [0.25, 0.3) is 0 Å². The van der Waals surface area contributed by atoms with Gasteiger partial charge in [0, 0.05) is 17.1 Å². The summed E-state index contributed by atoms with van der Waals surface area (Å²) in [5.41, 5.74) is -0.288. The van der Waals surface area contributed by atoms with Crippen LogP contribution in [0.3, 0.4) is 0 Å². The second-order valence-electron chi connectivity index (χ2n) is 9.94. The molecule has 3 atom stereocenters. The first-order chi connectivity index (χ1) is 14.5. The minimum atomic E-state index is -3.66. The molecule has 0 bridgehead atoms. The van der Waals surface area contributed by atoms with Gasteiger partial charge in [-0.15, -0.1) is 0 Å². The third kappa shape index (κ3) is 6.77. The molecule has 31 heavy (non-hydrogen) atoms. The molecule has 0 aliphatic heterocycles. The van der Waals surface area contributed by atoms with E-state index >= 15 is 0 Å². The average molecular weight is 450 g/mol. The molecule has 0 heterocycles. The summed E-state index contributed by atoms with van der Waals surface area (Å²) in [6.07, 6.45) is 8.47. The van der Waals surface area contributed by atoms with Crippen molar-refractivity contribution >= 4 is 21.8 Å². The number of rotatable bonds is 6. The van der Waals surface area contributed by atoms with Crippen LogP contribution in [0.5, 0.6) is 0 Å². The number of hydrogen-bond acceptors (Lipinski definition) is 4. The molecule has 2 saturated carbocycles. The quantitative estimate of drug-likeness (QED) is 0.621. The van der Waals surface area contributed by atoms with Crippen molar-refractivity contribution in [2.45, 2.75) is 82.2 Å². The second-order valence-corrected chi connectivity index (χ2v) is 11.6. The number of carbonyl (C=O) groups excluding carboxylic acids is 2. The van der Waals surface area contributed by atoms with Crippen molar-refractivity contribution in [2.24, 2.45) is 11.8 Å². The minimum Gasteiger partial charge on any atom is -0.352 e. The second kappa shape index (κ2) is 9.69. The summed E-state index contributed by atoms with van der Waals surface area (Å²) < 4.78 is 27.3. The number of nitrogens with one attached hydrogen (secondary N) is 3. The van der Waals surface area contributed by atoms with Crippen LogP contribution in [0.2, 0.25) is 0 Å². The van der Waals surface area contributed by atoms with Gasteiger partial charge < -0.3 is 10.6 Å². The van der Waals surface area contributed by atoms with Crippen molar-refractivity contribution in [3.63, 3.8) is 0 Å². The molecule has 0 radical (unpaired) electrons. The zero-order valence-corrected chi connectivity index (χ0v) is 19.6. The maximum absolute atomic E-state index is 12.4. The molecule has 0 spiro atoms. The number of benzene rings is 1. The Morgan fingerprint density at radius 2 is 1.61 bits per heavy atom. The highest BCUT2D eigenvalue weighted by Crippen LogP contribution is 2.40. The van der Waals surface area contributed by atoms with Gasteiger partial charge >= 0.3 is 0 Å². The highest BCUT2D eigenvalue weighted by atomic mass is 32.2. The first-order valence-electron chi connectivity index (χ1n) is 11.2. The number of hydrogen-bond donors (Lipinski definition) is 3. The highest BCUT2D eigenvalue weighted by Gasteiger charge is 2.32. The summed E-state index contributed by atoms with van der Waals surface area (Å²) in [5, 5.41) is 5.69. The van der Waals surface area contributed by atoms with Crippen LogP contribution in [0.4, 0.5) is 0 Å². The van der Waals surface area contributed by atoms with E-state index in [1.165, 1.54) is 56.4 Å². The van der Waals surface area contributed by atoms with E-state index < -0.39 is 21.5 Å². The Morgan fingerprint density at radius 1 is 0.968 bits per heavy atom. The van der Waals surface area contributed by atoms with E-state index in [1.54, 1.807) is 20.8 Å². The van der Waals surface area contributed by atoms with E-state index in [0.29, 0.717) is 5.56 Å². The zero-order chi connectivity index (χ0) is 22.6. The van der Waals surface area contributed by atoms with E-state index in [4.69, 9.17) is 0 Å². The van der Waals surface area contributed by atoms with Gasteiger partial charge in [0.15, 0.2) is 0 Å². The lowest BCUT2D eigenvalue weighted by molar-refractivity contribution is -0.121. The zero-order valence-electron chi connectivity index (χ0n) is 18.7. The maximum Gasteiger partial charge on any atom is 0.251 e. The molecule has 8 heteroatoms. The Morgan fingerprint density at radius 3 is 2.26 bits per heavy atom. The SMILES string of the molecule is CC(C)(C)NS(=O)(=O)c1ccc(C(=O)NCC(=O)N[C@@H]2CC[C@@H]3CCCC[C@H]3C2)cc1. The van der Waals surface area contributed by atoms with Crippen molar-refractivity contribution < 1.29 is 18.0 Å². The summed E-state index contributed by atoms with van der Waals surface area (Å²) in [6, 6.07) is 5.89. The number of fused-ring (bicyclic) bond motifs is 1. The molecule has 2 amide bonds. The van der Waals surface area contributed by atoms with Gasteiger partial charge in [-0.3, -0.25) is 9.59 Å². The van der Waals surface area contributed by atoms with Crippen molar-refractivity contribution in [3.05, 3.63) is 29.8 Å². The first-order valence-corrected chi connectivity index (χ1v) is 12.7. The lowest BCUT2D eigenvalue weighted by atomic mass is 9.69. The molecule has 2 fully saturated rings. The third-order valence-electron chi connectivity index (χ3n) is 6.18. The monoisotopic (exact) mass is 449 g/mol. The van der Waals surface area contributed by atoms with Crippen LogP contribution in [-0.2, 0) is 14.8 Å². The fourth-order valence-corrected chi connectivity index (χ4v) is 6.21. The molecule has 0 aromatic heterocycles. The molecule has 172 valence electrons. The Bertz CT molecular complexity index is 890. The fraction of sp³-hybridized carbons (Fsp3) is 0.652. The summed E-state index contributed by atoms with van der Waals surface area (Å²) in [4.78, 5) is 24.8. The van der Waals surface area contributed by atoms with Gasteiger partial charge in [-0.2, -0.15) is 0 Å². The predicted octanol–water partition coefficient (Wildman–Crippen LogP) is 2.97. The van der Waals surface area contributed by atoms with Gasteiger partial charge in [-0.1, -0.05) is 25.7 Å². The standard InChI is InChI=1S/C23H35N3O4S/c1-23(2,3)26-31(29,30)20-12-9-17(10-13-20)22(28)24-15-21(27)25-19-11-8-16-6-4-5-7-18(16)14-19/h9-10,12-13,16,18-19,26H,4-8,11,14-15H2,1-3H3,(H,24,28)(H,25,27)/t16-,18-,19+/m0/s1. The molecular formula is C23H35N3O4S. The Kier molecular flexibility index (Phi) is 7.42. The van der Waals surface area contributed by atoms with Gasteiger partial charge in [0.1, 0.15) is 0 Å². The van der Waals surface area contributed by atoms with E-state index in [0.717, 1.165) is 24.7 Å². The van der Waals surface area contributed by atoms with Crippen molar-refractivity contribution in [1.29, 1.82) is 0 Å². The number of carbonyl (C=O) groups is 2. The summed E-state index contributed by atoms with van der Waals surface area (Å²) >= 11 is 0. The fourth-order valence-electron chi connectivity index (χ4n) is 4.79. The largest absolute Gasteiger partial charge is 0.352 e. The minimum absolute atomic E-state index is 0.0882. The van der Waals surface area contributed by atoms with Crippen LogP contribution in [0.1, 0.15) is 76.1 Å². The van der Waals surface area contributed by atoms with Crippen LogP contribution in [0.15, 0.2) is 29.2 Å². The normalized spacial score (nSPS) is 24.2. The van der Waals surface area contributed by atoms with Crippen LogP contribution in [0, 0.1) is 11.8 Å². The van der Waals surface area contributed by atoms with Gasteiger partial charge in [0.05, 0.1) is 11.4 Å². The van der Waals surface area contributed by atoms with Crippen LogP contribution in [-0.4, -0.2) is 38.4 Å². The molecule has 0 saturated heterocycles. The van der Waals surface area contributed by atoms with Crippen molar-refractivity contribution in [2.75, 3.05) is 6.54 Å². The van der Waals surface area contributed by atoms with Crippen LogP contribution >= 0.6 is 0 Å². The molecule has 1 aromatic carbocycles. The average Bonchev–Trinajstić information content (AvgIpc) is 2.70. The first kappa shape index (κ1) is 23.7. The number of amides is 2. The van der Waals surface area contributed by atoms with Gasteiger partial charge in [0.2, 0.25) is 15.9 Å². The van der Waals surface area contributed by atoms with Crippen molar-refractivity contribution in [1.82, 2.24) is 15.4 Å². The van der Waals surface area contributed by atoms with Crippen molar-refractivity contribution in [3.8, 4) is 0 Å². The molecule has 3 N–H and O–H groups in total. The Balaban J connectivity index is 1.47. The highest BCUT2D eigenvalue weighted by molar-refractivity contribution is 7.89. The summed E-state index contributed by atoms with van der Waals surface area (Å²) in [6.45, 7) is 5.20. The van der Waals surface area contributed by atoms with Crippen LogP contribution < -0.4 is 15.4 Å². The molecule has 0 unspecified atom stereocenters. The maximum atomic E-state index is 12.4. The summed E-state index contributed by atoms with van der Waals surface area (Å²) in [7, 11) is -3.66. The molecule has 3 rings (SSSR count). The molecular weight excluding hydrogens is 414 g/mol. The summed E-state index contributed by atoms with van der Waals surface area (Å²) in [5.74, 6) is 0.969. The molecule has 1 aromatic rings. The predicted molar refractivity (Wildman–Crippen MR) is 120 cm³/mol. The lowest BCUT2D eigenvalue weighted by Gasteiger charge is -2.39. The van der Waals surface area contributed by atoms with Gasteiger partial charge in [0.25, 0.3) is 5.91 Å². The smallest absolute Gasteiger partial charge is 0.251 e. The van der Waals surface area contributed by atoms with E-state index in [-0.39, 0.29) is 23.4 Å². The Hall–Kier alpha value is -1.93. The molecule has 7 nitrogen and oxygen atoms in total. The van der Waals surface area contributed by atoms with E-state index in [9.17, 15) is 18.0 Å². The molecule has 2 aliphatic rings. The molecule has 2 aliphatic carbocycles. The topological polar surface area (TPSA) is 104 Å². The van der Waals surface area contributed by atoms with Gasteiger partial charge in [-0.25, -0.2) is 13.1 Å². The van der Waals surface area contributed by atoms with Gasteiger partial charge in [-0.05, 0) is 76.1 Å². The van der Waals surface area contributed by atoms with E-state index in [1.807, 2.05) is 0 Å². The lowest BCUT2D eigenvalue weighted by Crippen LogP contribution is -2.45. The Labute approximate surface area is 185 Å². The third-order valence-corrected chi connectivity index (χ3v) is 7.96.